The first-order chi connectivity index (χ1) is 4.31. The molecule has 1 atom stereocenters. The van der Waals surface area contributed by atoms with Gasteiger partial charge in [0.1, 0.15) is 6.17 Å². The molecule has 1 N–H and O–H groups in total. The molecule has 0 aromatic carbocycles. The maximum Gasteiger partial charge on any atom is 0.126 e. The zero-order valence-electron chi connectivity index (χ0n) is 5.60. The van der Waals surface area contributed by atoms with Gasteiger partial charge in [-0.15, -0.1) is 12.4 Å². The van der Waals surface area contributed by atoms with Gasteiger partial charge in [-0.25, -0.2) is 4.39 Å². The van der Waals surface area contributed by atoms with Crippen LogP contribution in [-0.2, 0) is 4.74 Å². The van der Waals surface area contributed by atoms with Crippen LogP contribution in [0.1, 0.15) is 6.42 Å². The lowest BCUT2D eigenvalue weighted by molar-refractivity contribution is -0.0364. The summed E-state index contributed by atoms with van der Waals surface area (Å²) >= 11 is 0. The molecule has 2 heterocycles. The van der Waals surface area contributed by atoms with Crippen molar-refractivity contribution in [2.45, 2.75) is 18.2 Å². The number of halogens is 2. The highest BCUT2D eigenvalue weighted by atomic mass is 35.5. The van der Waals surface area contributed by atoms with Gasteiger partial charge in [0.05, 0.1) is 12.2 Å². The lowest BCUT2D eigenvalue weighted by Gasteiger charge is -2.37. The van der Waals surface area contributed by atoms with E-state index in [1.807, 2.05) is 0 Å². The van der Waals surface area contributed by atoms with Crippen LogP contribution in [0.4, 0.5) is 4.39 Å². The lowest BCUT2D eigenvalue weighted by atomic mass is 9.93. The van der Waals surface area contributed by atoms with Gasteiger partial charge in [-0.05, 0) is 0 Å². The quantitative estimate of drug-likeness (QED) is 0.568. The number of hydrogen-bond donors (Lipinski definition) is 1. The summed E-state index contributed by atoms with van der Waals surface area (Å²) in [6.07, 6.45) is -0.118. The topological polar surface area (TPSA) is 21.3 Å². The van der Waals surface area contributed by atoms with Crippen molar-refractivity contribution in [1.82, 2.24) is 5.32 Å². The Labute approximate surface area is 65.5 Å². The Hall–Kier alpha value is 0.140. The highest BCUT2D eigenvalue weighted by Gasteiger charge is 2.45. The molecule has 2 aliphatic rings. The third-order valence-electron chi connectivity index (χ3n) is 2.06. The van der Waals surface area contributed by atoms with E-state index in [4.69, 9.17) is 4.74 Å². The molecule has 0 aromatic rings. The van der Waals surface area contributed by atoms with Gasteiger partial charge in [0.15, 0.2) is 0 Å². The molecule has 2 nitrogen and oxygen atoms in total. The smallest absolute Gasteiger partial charge is 0.126 e. The third-order valence-corrected chi connectivity index (χ3v) is 2.06. The molecule has 0 aromatic heterocycles. The molecule has 2 fully saturated rings. The summed E-state index contributed by atoms with van der Waals surface area (Å²) in [6, 6.07) is 0. The van der Waals surface area contributed by atoms with Gasteiger partial charge in [-0.1, -0.05) is 0 Å². The minimum Gasteiger partial charge on any atom is -0.369 e. The first kappa shape index (κ1) is 8.24. The van der Waals surface area contributed by atoms with Gasteiger partial charge in [0.2, 0.25) is 0 Å². The Balaban J connectivity index is 0.000000500. The van der Waals surface area contributed by atoms with Crippen LogP contribution in [0.3, 0.4) is 0 Å². The fraction of sp³-hybridized carbons (Fsp3) is 1.00. The molecule has 2 aliphatic heterocycles. The van der Waals surface area contributed by atoms with E-state index >= 15 is 0 Å². The van der Waals surface area contributed by atoms with Crippen molar-refractivity contribution in [3.05, 3.63) is 0 Å². The zero-order chi connectivity index (χ0) is 6.32. The molecule has 0 unspecified atom stereocenters. The van der Waals surface area contributed by atoms with Gasteiger partial charge in [-0.3, -0.25) is 0 Å². The van der Waals surface area contributed by atoms with Gasteiger partial charge >= 0.3 is 0 Å². The number of ether oxygens (including phenoxy) is 1. The van der Waals surface area contributed by atoms with E-state index in [0.29, 0.717) is 13.0 Å². The third kappa shape index (κ3) is 1.13. The van der Waals surface area contributed by atoms with E-state index in [1.54, 1.807) is 0 Å². The molecular formula is C6H11ClFNO. The standard InChI is InChI=1S/C6H10FNO.ClH/c7-5-1-6(9-2-5)3-8-4-6;/h5,8H,1-4H2;1H/t5-;/m0./s1. The second kappa shape index (κ2) is 2.64. The van der Waals surface area contributed by atoms with Gasteiger partial charge in [0.25, 0.3) is 0 Å². The van der Waals surface area contributed by atoms with Crippen molar-refractivity contribution in [2.24, 2.45) is 0 Å². The molecule has 0 amide bonds. The first-order valence-corrected chi connectivity index (χ1v) is 3.30. The van der Waals surface area contributed by atoms with Crippen LogP contribution in [0, 0.1) is 0 Å². The monoisotopic (exact) mass is 167 g/mol. The number of rotatable bonds is 0. The Morgan fingerprint density at radius 3 is 2.40 bits per heavy atom. The SMILES string of the molecule is Cl.F[C@@H]1COC2(CNC2)C1. The van der Waals surface area contributed by atoms with E-state index < -0.39 is 6.17 Å². The van der Waals surface area contributed by atoms with E-state index in [2.05, 4.69) is 5.32 Å². The fourth-order valence-corrected chi connectivity index (χ4v) is 1.44. The van der Waals surface area contributed by atoms with E-state index in [-0.39, 0.29) is 18.0 Å². The molecule has 0 radical (unpaired) electrons. The molecule has 0 bridgehead atoms. The summed E-state index contributed by atoms with van der Waals surface area (Å²) in [7, 11) is 0. The van der Waals surface area contributed by atoms with E-state index in [9.17, 15) is 4.39 Å². The van der Waals surface area contributed by atoms with E-state index in [0.717, 1.165) is 13.1 Å². The van der Waals surface area contributed by atoms with Crippen molar-refractivity contribution in [3.63, 3.8) is 0 Å². The molecule has 4 heteroatoms. The molecule has 2 rings (SSSR count). The van der Waals surface area contributed by atoms with Crippen molar-refractivity contribution < 1.29 is 9.13 Å². The molecule has 10 heavy (non-hydrogen) atoms. The molecule has 0 saturated carbocycles. The number of nitrogens with one attached hydrogen (secondary N) is 1. The predicted octanol–water partition coefficient (Wildman–Crippen LogP) is 0.509. The van der Waals surface area contributed by atoms with Crippen LogP contribution in [0.5, 0.6) is 0 Å². The summed E-state index contributed by atoms with van der Waals surface area (Å²) < 4.78 is 17.7. The summed E-state index contributed by atoms with van der Waals surface area (Å²) in [5.74, 6) is 0. The second-order valence-corrected chi connectivity index (χ2v) is 2.90. The molecule has 1 spiro atoms. The van der Waals surface area contributed by atoms with Crippen LogP contribution >= 0.6 is 12.4 Å². The summed E-state index contributed by atoms with van der Waals surface area (Å²) in [4.78, 5) is 0. The van der Waals surface area contributed by atoms with Crippen LogP contribution in [-0.4, -0.2) is 31.5 Å². The average Bonchev–Trinajstić information content (AvgIpc) is 2.09. The van der Waals surface area contributed by atoms with Crippen molar-refractivity contribution in [3.8, 4) is 0 Å². The maximum atomic E-state index is 12.5. The van der Waals surface area contributed by atoms with Crippen molar-refractivity contribution in [2.75, 3.05) is 19.7 Å². The van der Waals surface area contributed by atoms with Crippen LogP contribution in [0.25, 0.3) is 0 Å². The highest BCUT2D eigenvalue weighted by molar-refractivity contribution is 5.85. The maximum absolute atomic E-state index is 12.5. The normalized spacial score (nSPS) is 35.1. The van der Waals surface area contributed by atoms with Crippen LogP contribution in [0.2, 0.25) is 0 Å². The summed E-state index contributed by atoms with van der Waals surface area (Å²) in [6.45, 7) is 1.99. The van der Waals surface area contributed by atoms with E-state index in [1.165, 1.54) is 0 Å². The lowest BCUT2D eigenvalue weighted by Crippen LogP contribution is -2.59. The van der Waals surface area contributed by atoms with Gasteiger partial charge in [-0.2, -0.15) is 0 Å². The molecule has 0 aliphatic carbocycles. The van der Waals surface area contributed by atoms with Gasteiger partial charge in [0, 0.05) is 19.5 Å². The average molecular weight is 168 g/mol. The summed E-state index contributed by atoms with van der Waals surface area (Å²) in [5, 5.41) is 3.07. The van der Waals surface area contributed by atoms with Crippen molar-refractivity contribution >= 4 is 12.4 Å². The largest absolute Gasteiger partial charge is 0.369 e. The predicted molar refractivity (Wildman–Crippen MR) is 38.3 cm³/mol. The fourth-order valence-electron chi connectivity index (χ4n) is 1.44. The van der Waals surface area contributed by atoms with Crippen LogP contribution in [0.15, 0.2) is 0 Å². The molecular weight excluding hydrogens is 157 g/mol. The Bertz CT molecular complexity index is 129. The van der Waals surface area contributed by atoms with Crippen LogP contribution < -0.4 is 5.32 Å². The Morgan fingerprint density at radius 1 is 1.50 bits per heavy atom. The van der Waals surface area contributed by atoms with Crippen molar-refractivity contribution in [1.29, 1.82) is 0 Å². The number of alkyl halides is 1. The first-order valence-electron chi connectivity index (χ1n) is 3.30. The Kier molecular flexibility index (Phi) is 2.18. The van der Waals surface area contributed by atoms with Gasteiger partial charge < -0.3 is 10.1 Å². The second-order valence-electron chi connectivity index (χ2n) is 2.90. The number of hydrogen-bond acceptors (Lipinski definition) is 2. The Morgan fingerprint density at radius 2 is 2.20 bits per heavy atom. The zero-order valence-corrected chi connectivity index (χ0v) is 6.42. The minimum atomic E-state index is -0.716. The minimum absolute atomic E-state index is 0. The highest BCUT2D eigenvalue weighted by Crippen LogP contribution is 2.30. The molecule has 60 valence electrons. The summed E-state index contributed by atoms with van der Waals surface area (Å²) in [5.41, 5.74) is -0.0978. The molecule has 2 saturated heterocycles.